The van der Waals surface area contributed by atoms with Crippen LogP contribution in [0, 0.1) is 11.7 Å². The Balaban J connectivity index is 2.11. The molecule has 0 saturated heterocycles. The number of benzene rings is 2. The Bertz CT molecular complexity index is 714. The fourth-order valence-electron chi connectivity index (χ4n) is 1.96. The van der Waals surface area contributed by atoms with E-state index in [2.05, 4.69) is 10.6 Å². The second-order valence-electron chi connectivity index (χ2n) is 5.62. The lowest BCUT2D eigenvalue weighted by Crippen LogP contribution is -2.27. The Kier molecular flexibility index (Phi) is 5.46. The van der Waals surface area contributed by atoms with Crippen molar-refractivity contribution in [3.8, 4) is 0 Å². The number of carbonyl (C=O) groups is 2. The van der Waals surface area contributed by atoms with Crippen LogP contribution in [0.2, 0.25) is 0 Å². The summed E-state index contributed by atoms with van der Waals surface area (Å²) in [6.45, 7) is 4.56. The molecule has 0 aliphatic carbocycles. The quantitative estimate of drug-likeness (QED) is 0.888. The Morgan fingerprint density at radius 1 is 1.00 bits per heavy atom. The third-order valence-corrected chi connectivity index (χ3v) is 3.18. The molecule has 0 radical (unpaired) electrons. The van der Waals surface area contributed by atoms with Crippen molar-refractivity contribution in [2.45, 2.75) is 13.8 Å². The zero-order valence-electron chi connectivity index (χ0n) is 13.1. The van der Waals surface area contributed by atoms with Crippen LogP contribution in [0.3, 0.4) is 0 Å². The maximum atomic E-state index is 13.6. The molecule has 4 nitrogen and oxygen atoms in total. The predicted molar refractivity (Wildman–Crippen MR) is 88.0 cm³/mol. The normalized spacial score (nSPS) is 10.4. The van der Waals surface area contributed by atoms with Crippen molar-refractivity contribution in [2.24, 2.45) is 5.92 Å². The summed E-state index contributed by atoms with van der Waals surface area (Å²) in [6, 6.07) is 12.3. The lowest BCUT2D eigenvalue weighted by Gasteiger charge is -2.09. The lowest BCUT2D eigenvalue weighted by molar-refractivity contribution is 0.0949. The smallest absolute Gasteiger partial charge is 0.255 e. The molecule has 120 valence electrons. The zero-order valence-corrected chi connectivity index (χ0v) is 13.1. The van der Waals surface area contributed by atoms with Crippen LogP contribution in [0.1, 0.15) is 34.6 Å². The second kappa shape index (κ2) is 7.54. The van der Waals surface area contributed by atoms with Gasteiger partial charge in [0.2, 0.25) is 0 Å². The van der Waals surface area contributed by atoms with E-state index in [1.165, 1.54) is 18.2 Å². The number of nitrogens with one attached hydrogen (secondary N) is 2. The van der Waals surface area contributed by atoms with Crippen LogP contribution in [0.4, 0.5) is 10.1 Å². The lowest BCUT2D eigenvalue weighted by atomic mass is 10.1. The first-order valence-electron chi connectivity index (χ1n) is 7.41. The first-order valence-corrected chi connectivity index (χ1v) is 7.41. The van der Waals surface area contributed by atoms with Gasteiger partial charge in [-0.3, -0.25) is 9.59 Å². The minimum absolute atomic E-state index is 0.104. The first kappa shape index (κ1) is 16.7. The molecule has 0 unspecified atom stereocenters. The molecule has 0 spiro atoms. The van der Waals surface area contributed by atoms with E-state index in [-0.39, 0.29) is 11.6 Å². The summed E-state index contributed by atoms with van der Waals surface area (Å²) in [4.78, 5) is 24.2. The molecule has 0 atom stereocenters. The van der Waals surface area contributed by atoms with Gasteiger partial charge in [0.1, 0.15) is 5.82 Å². The topological polar surface area (TPSA) is 58.2 Å². The number of para-hydroxylation sites is 1. The Morgan fingerprint density at radius 2 is 1.65 bits per heavy atom. The van der Waals surface area contributed by atoms with Gasteiger partial charge in [0, 0.05) is 17.7 Å². The van der Waals surface area contributed by atoms with Gasteiger partial charge in [-0.2, -0.15) is 0 Å². The van der Waals surface area contributed by atoms with E-state index >= 15 is 0 Å². The molecule has 2 aromatic rings. The SMILES string of the molecule is CC(C)CNC(=O)c1cccc(C(=O)Nc2ccccc2F)c1. The van der Waals surface area contributed by atoms with E-state index < -0.39 is 11.7 Å². The molecule has 0 fully saturated rings. The molecule has 0 aliphatic rings. The Labute approximate surface area is 134 Å². The second-order valence-corrected chi connectivity index (χ2v) is 5.62. The van der Waals surface area contributed by atoms with Crippen LogP contribution < -0.4 is 10.6 Å². The van der Waals surface area contributed by atoms with Gasteiger partial charge in [0.25, 0.3) is 11.8 Å². The van der Waals surface area contributed by atoms with E-state index in [1.807, 2.05) is 13.8 Å². The molecule has 2 amide bonds. The summed E-state index contributed by atoms with van der Waals surface area (Å²) in [5, 5.41) is 5.29. The average Bonchev–Trinajstić information content (AvgIpc) is 2.54. The number of anilines is 1. The van der Waals surface area contributed by atoms with Crippen molar-refractivity contribution in [1.82, 2.24) is 5.32 Å². The molecule has 0 bridgehead atoms. The standard InChI is InChI=1S/C18H19FN2O2/c1-12(2)11-20-17(22)13-6-5-7-14(10-13)18(23)21-16-9-4-3-8-15(16)19/h3-10,12H,11H2,1-2H3,(H,20,22)(H,21,23). The highest BCUT2D eigenvalue weighted by Gasteiger charge is 2.12. The molecular formula is C18H19FN2O2. The van der Waals surface area contributed by atoms with E-state index in [4.69, 9.17) is 0 Å². The molecule has 0 saturated carbocycles. The molecule has 2 aromatic carbocycles. The number of hydrogen-bond acceptors (Lipinski definition) is 2. The molecule has 0 aromatic heterocycles. The largest absolute Gasteiger partial charge is 0.352 e. The van der Waals surface area contributed by atoms with Crippen molar-refractivity contribution in [3.63, 3.8) is 0 Å². The predicted octanol–water partition coefficient (Wildman–Crippen LogP) is 3.46. The number of hydrogen-bond donors (Lipinski definition) is 2. The summed E-state index contributed by atoms with van der Waals surface area (Å²) >= 11 is 0. The molecular weight excluding hydrogens is 295 g/mol. The highest BCUT2D eigenvalue weighted by molar-refractivity contribution is 6.06. The minimum Gasteiger partial charge on any atom is -0.352 e. The summed E-state index contributed by atoms with van der Waals surface area (Å²) in [6.07, 6.45) is 0. The molecule has 2 N–H and O–H groups in total. The zero-order chi connectivity index (χ0) is 16.8. The maximum Gasteiger partial charge on any atom is 0.255 e. The van der Waals surface area contributed by atoms with E-state index in [0.29, 0.717) is 23.6 Å². The number of carbonyl (C=O) groups excluding carboxylic acids is 2. The third kappa shape index (κ3) is 4.64. The maximum absolute atomic E-state index is 13.6. The fourth-order valence-corrected chi connectivity index (χ4v) is 1.96. The van der Waals surface area contributed by atoms with Crippen LogP contribution in [0.5, 0.6) is 0 Å². The van der Waals surface area contributed by atoms with Gasteiger partial charge in [-0.1, -0.05) is 32.0 Å². The van der Waals surface area contributed by atoms with Gasteiger partial charge in [-0.05, 0) is 36.2 Å². The summed E-state index contributed by atoms with van der Waals surface area (Å²) in [5.41, 5.74) is 0.796. The van der Waals surface area contributed by atoms with Gasteiger partial charge in [0.15, 0.2) is 0 Å². The van der Waals surface area contributed by atoms with E-state index in [0.717, 1.165) is 0 Å². The van der Waals surface area contributed by atoms with Crippen LogP contribution >= 0.6 is 0 Å². The van der Waals surface area contributed by atoms with E-state index in [1.54, 1.807) is 30.3 Å². The van der Waals surface area contributed by atoms with Gasteiger partial charge in [0.05, 0.1) is 5.69 Å². The van der Waals surface area contributed by atoms with E-state index in [9.17, 15) is 14.0 Å². The summed E-state index contributed by atoms with van der Waals surface area (Å²) in [5.74, 6) is -0.869. The van der Waals surface area contributed by atoms with Crippen LogP contribution in [0.15, 0.2) is 48.5 Å². The number of amides is 2. The van der Waals surface area contributed by atoms with Gasteiger partial charge in [-0.15, -0.1) is 0 Å². The van der Waals surface area contributed by atoms with Crippen molar-refractivity contribution in [3.05, 3.63) is 65.5 Å². The molecule has 2 rings (SSSR count). The number of rotatable bonds is 5. The highest BCUT2D eigenvalue weighted by Crippen LogP contribution is 2.14. The fraction of sp³-hybridized carbons (Fsp3) is 0.222. The van der Waals surface area contributed by atoms with Crippen molar-refractivity contribution in [1.29, 1.82) is 0 Å². The van der Waals surface area contributed by atoms with Crippen LogP contribution in [-0.4, -0.2) is 18.4 Å². The monoisotopic (exact) mass is 314 g/mol. The Morgan fingerprint density at radius 3 is 2.30 bits per heavy atom. The van der Waals surface area contributed by atoms with Gasteiger partial charge < -0.3 is 10.6 Å². The molecule has 23 heavy (non-hydrogen) atoms. The molecule has 0 heterocycles. The minimum atomic E-state index is -0.508. The third-order valence-electron chi connectivity index (χ3n) is 3.18. The van der Waals surface area contributed by atoms with Crippen molar-refractivity contribution in [2.75, 3.05) is 11.9 Å². The number of halogens is 1. The first-order chi connectivity index (χ1) is 11.0. The molecule has 0 aliphatic heterocycles. The van der Waals surface area contributed by atoms with Gasteiger partial charge >= 0.3 is 0 Å². The van der Waals surface area contributed by atoms with Crippen LogP contribution in [-0.2, 0) is 0 Å². The average molecular weight is 314 g/mol. The highest BCUT2D eigenvalue weighted by atomic mass is 19.1. The Hall–Kier alpha value is -2.69. The summed E-state index contributed by atoms with van der Waals surface area (Å²) < 4.78 is 13.6. The molecule has 5 heteroatoms. The van der Waals surface area contributed by atoms with Crippen molar-refractivity contribution < 1.29 is 14.0 Å². The van der Waals surface area contributed by atoms with Crippen LogP contribution in [0.25, 0.3) is 0 Å². The van der Waals surface area contributed by atoms with Gasteiger partial charge in [-0.25, -0.2) is 4.39 Å². The summed E-state index contributed by atoms with van der Waals surface area (Å²) in [7, 11) is 0. The van der Waals surface area contributed by atoms with Crippen molar-refractivity contribution >= 4 is 17.5 Å².